The van der Waals surface area contributed by atoms with Gasteiger partial charge in [-0.2, -0.15) is 0 Å². The normalized spacial score (nSPS) is 17.4. The zero-order valence-electron chi connectivity index (χ0n) is 20.4. The van der Waals surface area contributed by atoms with Gasteiger partial charge < -0.3 is 4.74 Å². The lowest BCUT2D eigenvalue weighted by atomic mass is 9.99. The van der Waals surface area contributed by atoms with E-state index in [4.69, 9.17) is 14.7 Å². The van der Waals surface area contributed by atoms with Crippen molar-refractivity contribution in [1.29, 1.82) is 0 Å². The first-order valence-corrected chi connectivity index (χ1v) is 12.9. The zero-order valence-corrected chi connectivity index (χ0v) is 20.4. The predicted molar refractivity (Wildman–Crippen MR) is 150 cm³/mol. The summed E-state index contributed by atoms with van der Waals surface area (Å²) >= 11 is 0. The van der Waals surface area contributed by atoms with E-state index in [2.05, 4.69) is 109 Å². The Morgan fingerprint density at radius 3 is 1.41 bits per heavy atom. The number of hydrogen-bond donors (Lipinski definition) is 0. The van der Waals surface area contributed by atoms with Crippen molar-refractivity contribution in [2.75, 3.05) is 0 Å². The van der Waals surface area contributed by atoms with Crippen molar-refractivity contribution in [3.05, 3.63) is 133 Å². The molecule has 3 nitrogen and oxygen atoms in total. The van der Waals surface area contributed by atoms with Gasteiger partial charge in [0.05, 0.1) is 11.4 Å². The summed E-state index contributed by atoms with van der Waals surface area (Å²) in [6.07, 6.45) is 5.82. The number of rotatable bonds is 4. The highest BCUT2D eigenvalue weighted by atomic mass is 16.5. The van der Waals surface area contributed by atoms with Crippen LogP contribution in [0.25, 0.3) is 43.8 Å². The van der Waals surface area contributed by atoms with E-state index in [1.54, 1.807) is 0 Å². The largest absolute Gasteiger partial charge is 0.362 e. The molecule has 0 saturated carbocycles. The Kier molecular flexibility index (Phi) is 5.49. The zero-order chi connectivity index (χ0) is 24.6. The Morgan fingerprint density at radius 2 is 0.946 bits per heavy atom. The number of benzene rings is 4. The summed E-state index contributed by atoms with van der Waals surface area (Å²) in [5, 5.41) is 4.97. The molecule has 0 spiro atoms. The number of fused-ring (bicyclic) bond motifs is 2. The molecule has 1 aliphatic heterocycles. The molecule has 7 rings (SSSR count). The van der Waals surface area contributed by atoms with Crippen molar-refractivity contribution in [2.24, 2.45) is 0 Å². The summed E-state index contributed by atoms with van der Waals surface area (Å²) in [4.78, 5) is 9.62. The summed E-state index contributed by atoms with van der Waals surface area (Å²) in [7, 11) is 0. The Hall–Kier alpha value is -4.34. The second kappa shape index (κ2) is 9.27. The maximum absolute atomic E-state index is 6.44. The molecule has 3 heteroatoms. The topological polar surface area (TPSA) is 35.0 Å². The molecule has 0 N–H and O–H groups in total. The SMILES string of the molecule is c1ccc2c(-c3ccc(C4CCC(c5ccc(-c6cccc7ccccc67)cn5)O4)nc3)cccc2c1. The van der Waals surface area contributed by atoms with E-state index in [0.717, 1.165) is 35.4 Å². The van der Waals surface area contributed by atoms with E-state index >= 15 is 0 Å². The molecule has 1 saturated heterocycles. The molecule has 3 heterocycles. The Morgan fingerprint density at radius 1 is 0.486 bits per heavy atom. The number of hydrogen-bond acceptors (Lipinski definition) is 3. The lowest BCUT2D eigenvalue weighted by Crippen LogP contribution is -2.03. The first kappa shape index (κ1) is 21.9. The van der Waals surface area contributed by atoms with Gasteiger partial charge in [0.25, 0.3) is 0 Å². The van der Waals surface area contributed by atoms with E-state index in [1.807, 2.05) is 12.4 Å². The molecule has 2 aromatic heterocycles. The second-order valence-corrected chi connectivity index (χ2v) is 9.69. The maximum atomic E-state index is 6.44. The molecule has 178 valence electrons. The Bertz CT molecular complexity index is 1570. The first-order valence-electron chi connectivity index (χ1n) is 12.9. The van der Waals surface area contributed by atoms with E-state index in [0.29, 0.717) is 0 Å². The van der Waals surface area contributed by atoms with Crippen LogP contribution in [0.2, 0.25) is 0 Å². The fraction of sp³-hybridized carbons (Fsp3) is 0.118. The number of aromatic nitrogens is 2. The lowest BCUT2D eigenvalue weighted by Gasteiger charge is -2.14. The third-order valence-corrected chi connectivity index (χ3v) is 7.45. The van der Waals surface area contributed by atoms with Gasteiger partial charge in [-0.05, 0) is 57.6 Å². The molecule has 37 heavy (non-hydrogen) atoms. The summed E-state index contributed by atoms with van der Waals surface area (Å²) in [6.45, 7) is 0. The summed E-state index contributed by atoms with van der Waals surface area (Å²) in [6, 6.07) is 38.3. The molecule has 2 atom stereocenters. The average molecular weight is 479 g/mol. The van der Waals surface area contributed by atoms with Crippen molar-refractivity contribution in [2.45, 2.75) is 25.0 Å². The molecular formula is C34H26N2O. The monoisotopic (exact) mass is 478 g/mol. The van der Waals surface area contributed by atoms with E-state index in [1.165, 1.54) is 32.7 Å². The van der Waals surface area contributed by atoms with Gasteiger partial charge in [-0.3, -0.25) is 9.97 Å². The molecule has 4 aromatic carbocycles. The van der Waals surface area contributed by atoms with Crippen LogP contribution in [0, 0.1) is 0 Å². The second-order valence-electron chi connectivity index (χ2n) is 9.69. The van der Waals surface area contributed by atoms with Crippen LogP contribution in [0.5, 0.6) is 0 Å². The van der Waals surface area contributed by atoms with E-state index in [-0.39, 0.29) is 12.2 Å². The van der Waals surface area contributed by atoms with Gasteiger partial charge >= 0.3 is 0 Å². The van der Waals surface area contributed by atoms with Gasteiger partial charge in [-0.15, -0.1) is 0 Å². The van der Waals surface area contributed by atoms with Gasteiger partial charge in [0.2, 0.25) is 0 Å². The van der Waals surface area contributed by atoms with E-state index < -0.39 is 0 Å². The molecule has 0 bridgehead atoms. The summed E-state index contributed by atoms with van der Waals surface area (Å²) in [5.74, 6) is 0. The summed E-state index contributed by atoms with van der Waals surface area (Å²) < 4.78 is 6.44. The minimum atomic E-state index is -0.00823. The fourth-order valence-corrected chi connectivity index (χ4v) is 5.54. The first-order chi connectivity index (χ1) is 18.3. The quantitative estimate of drug-likeness (QED) is 0.254. The van der Waals surface area contributed by atoms with Crippen LogP contribution in [0.1, 0.15) is 36.4 Å². The third-order valence-electron chi connectivity index (χ3n) is 7.45. The van der Waals surface area contributed by atoms with Crippen LogP contribution in [-0.4, -0.2) is 9.97 Å². The third kappa shape index (κ3) is 4.08. The summed E-state index contributed by atoms with van der Waals surface area (Å²) in [5.41, 5.74) is 6.63. The van der Waals surface area contributed by atoms with Crippen LogP contribution in [-0.2, 0) is 4.74 Å². The molecule has 1 fully saturated rings. The molecule has 0 amide bonds. The van der Waals surface area contributed by atoms with Crippen LogP contribution in [0.3, 0.4) is 0 Å². The Labute approximate surface area is 216 Å². The Balaban J connectivity index is 1.09. The lowest BCUT2D eigenvalue weighted by molar-refractivity contribution is 0.0393. The molecule has 6 aromatic rings. The van der Waals surface area contributed by atoms with Crippen LogP contribution in [0.4, 0.5) is 0 Å². The van der Waals surface area contributed by atoms with Gasteiger partial charge in [-0.25, -0.2) is 0 Å². The van der Waals surface area contributed by atoms with Crippen molar-refractivity contribution in [1.82, 2.24) is 9.97 Å². The predicted octanol–water partition coefficient (Wildman–Crippen LogP) is 8.71. The number of nitrogens with zero attached hydrogens (tertiary/aromatic N) is 2. The van der Waals surface area contributed by atoms with Gasteiger partial charge in [0.15, 0.2) is 0 Å². The van der Waals surface area contributed by atoms with Crippen molar-refractivity contribution < 1.29 is 4.74 Å². The number of ether oxygens (including phenoxy) is 1. The fourth-order valence-electron chi connectivity index (χ4n) is 5.54. The van der Waals surface area contributed by atoms with Crippen molar-refractivity contribution in [3.8, 4) is 22.3 Å². The minimum absolute atomic E-state index is 0.00823. The van der Waals surface area contributed by atoms with Gasteiger partial charge in [0.1, 0.15) is 12.2 Å². The molecule has 1 aliphatic rings. The number of pyridine rings is 2. The molecular weight excluding hydrogens is 452 g/mol. The highest BCUT2D eigenvalue weighted by Gasteiger charge is 2.29. The minimum Gasteiger partial charge on any atom is -0.362 e. The van der Waals surface area contributed by atoms with Gasteiger partial charge in [0, 0.05) is 23.5 Å². The highest BCUT2D eigenvalue weighted by molar-refractivity contribution is 5.97. The maximum Gasteiger partial charge on any atom is 0.100 e. The van der Waals surface area contributed by atoms with Crippen LogP contribution in [0.15, 0.2) is 122 Å². The molecule has 0 aliphatic carbocycles. The van der Waals surface area contributed by atoms with Crippen LogP contribution < -0.4 is 0 Å². The smallest absolute Gasteiger partial charge is 0.100 e. The molecule has 0 radical (unpaired) electrons. The van der Waals surface area contributed by atoms with Crippen LogP contribution >= 0.6 is 0 Å². The molecule has 2 unspecified atom stereocenters. The van der Waals surface area contributed by atoms with Crippen molar-refractivity contribution >= 4 is 21.5 Å². The van der Waals surface area contributed by atoms with Crippen molar-refractivity contribution in [3.63, 3.8) is 0 Å². The average Bonchev–Trinajstić information content (AvgIpc) is 3.47. The standard InChI is InChI=1S/C34H26N2O/c1-3-11-27-23(7-1)9-5-13-29(27)25-15-17-31(35-21-25)33-19-20-34(37-33)32-18-16-26(22-36-32)30-14-6-10-24-8-2-4-12-28(24)30/h1-18,21-22,33-34H,19-20H2. The highest BCUT2D eigenvalue weighted by Crippen LogP contribution is 2.40. The van der Waals surface area contributed by atoms with Gasteiger partial charge in [-0.1, -0.05) is 97.1 Å². The van der Waals surface area contributed by atoms with E-state index in [9.17, 15) is 0 Å².